The number of rotatable bonds is 3. The van der Waals surface area contributed by atoms with Crippen LogP contribution in [0.5, 0.6) is 0 Å². The Morgan fingerprint density at radius 3 is 2.36 bits per heavy atom. The minimum Gasteiger partial charge on any atom is -0.318 e. The number of hydrogen-bond acceptors (Lipinski definition) is 1. The molecule has 0 aliphatic carbocycles. The Morgan fingerprint density at radius 1 is 1.04 bits per heavy atom. The summed E-state index contributed by atoms with van der Waals surface area (Å²) in [5.74, 6) is -0.386. The monoisotopic (exact) mass is 330 g/mol. The Hall–Kier alpha value is -3.12. The Labute approximate surface area is 147 Å². The van der Waals surface area contributed by atoms with Crippen molar-refractivity contribution in [3.63, 3.8) is 0 Å². The van der Waals surface area contributed by atoms with Crippen molar-refractivity contribution in [1.82, 2.24) is 4.57 Å². The highest BCUT2D eigenvalue weighted by atomic mass is 19.1. The van der Waals surface area contributed by atoms with E-state index in [1.165, 1.54) is 11.6 Å². The molecule has 0 amide bonds. The molecule has 0 radical (unpaired) electrons. The molecule has 0 saturated carbocycles. The first-order valence-corrected chi connectivity index (χ1v) is 8.14. The second kappa shape index (κ2) is 6.78. The largest absolute Gasteiger partial charge is 0.318 e. The zero-order valence-electron chi connectivity index (χ0n) is 14.5. The summed E-state index contributed by atoms with van der Waals surface area (Å²) in [6.07, 6.45) is 1.76. The highest BCUT2D eigenvalue weighted by Gasteiger charge is 2.12. The molecule has 3 rings (SSSR count). The summed E-state index contributed by atoms with van der Waals surface area (Å²) in [7, 11) is 0. The predicted molar refractivity (Wildman–Crippen MR) is 99.9 cm³/mol. The van der Waals surface area contributed by atoms with E-state index in [0.29, 0.717) is 11.1 Å². The van der Waals surface area contributed by atoms with E-state index in [1.807, 2.05) is 19.9 Å². The zero-order chi connectivity index (χ0) is 18.0. The average molecular weight is 330 g/mol. The van der Waals surface area contributed by atoms with Gasteiger partial charge in [0.2, 0.25) is 0 Å². The van der Waals surface area contributed by atoms with Gasteiger partial charge in [-0.05, 0) is 56.7 Å². The van der Waals surface area contributed by atoms with Crippen molar-refractivity contribution in [2.24, 2.45) is 0 Å². The number of benzene rings is 2. The lowest BCUT2D eigenvalue weighted by Crippen LogP contribution is -1.99. The normalized spacial score (nSPS) is 11.4. The van der Waals surface area contributed by atoms with Crippen molar-refractivity contribution in [3.8, 4) is 11.8 Å². The maximum atomic E-state index is 14.0. The molecule has 0 unspecified atom stereocenters. The van der Waals surface area contributed by atoms with E-state index in [9.17, 15) is 9.65 Å². The lowest BCUT2D eigenvalue weighted by molar-refractivity contribution is 0.624. The number of hydrogen-bond donors (Lipinski definition) is 0. The van der Waals surface area contributed by atoms with Gasteiger partial charge in [0.05, 0.1) is 11.6 Å². The van der Waals surface area contributed by atoms with E-state index in [4.69, 9.17) is 0 Å². The van der Waals surface area contributed by atoms with E-state index >= 15 is 0 Å². The standard InChI is InChI=1S/C22H19FN2/c1-15-8-10-20(11-9-15)25-16(2)12-18(17(25)3)13-19(14-24)21-6-4-5-7-22(21)23/h4-13H,1-3H3. The molecule has 2 nitrogen and oxygen atoms in total. The number of allylic oxidation sites excluding steroid dienone is 1. The molecule has 0 spiro atoms. The molecular weight excluding hydrogens is 311 g/mol. The average Bonchev–Trinajstić information content (AvgIpc) is 2.88. The summed E-state index contributed by atoms with van der Waals surface area (Å²) < 4.78 is 16.2. The molecule has 0 bridgehead atoms. The fourth-order valence-corrected chi connectivity index (χ4v) is 3.03. The number of aryl methyl sites for hydroxylation is 2. The van der Waals surface area contributed by atoms with Crippen LogP contribution >= 0.6 is 0 Å². The van der Waals surface area contributed by atoms with Gasteiger partial charge in [0.15, 0.2) is 0 Å². The Bertz CT molecular complexity index is 986. The highest BCUT2D eigenvalue weighted by Crippen LogP contribution is 2.26. The second-order valence-electron chi connectivity index (χ2n) is 6.15. The van der Waals surface area contributed by atoms with E-state index < -0.39 is 0 Å². The first-order valence-electron chi connectivity index (χ1n) is 8.14. The first kappa shape index (κ1) is 16.7. The summed E-state index contributed by atoms with van der Waals surface area (Å²) in [4.78, 5) is 0. The van der Waals surface area contributed by atoms with E-state index in [2.05, 4.69) is 41.8 Å². The van der Waals surface area contributed by atoms with E-state index in [-0.39, 0.29) is 5.82 Å². The van der Waals surface area contributed by atoms with Crippen LogP contribution in [0.4, 0.5) is 4.39 Å². The fraction of sp³-hybridized carbons (Fsp3) is 0.136. The van der Waals surface area contributed by atoms with Crippen LogP contribution in [0.25, 0.3) is 17.3 Å². The highest BCUT2D eigenvalue weighted by molar-refractivity contribution is 5.90. The zero-order valence-corrected chi connectivity index (χ0v) is 14.5. The van der Waals surface area contributed by atoms with Crippen molar-refractivity contribution >= 4 is 11.6 Å². The van der Waals surface area contributed by atoms with Crippen LogP contribution in [-0.2, 0) is 0 Å². The summed E-state index contributed by atoms with van der Waals surface area (Å²) in [6.45, 7) is 6.09. The van der Waals surface area contributed by atoms with Crippen LogP contribution < -0.4 is 0 Å². The van der Waals surface area contributed by atoms with Crippen molar-refractivity contribution in [3.05, 3.63) is 88.5 Å². The van der Waals surface area contributed by atoms with E-state index in [0.717, 1.165) is 22.6 Å². The number of nitrogens with zero attached hydrogens (tertiary/aromatic N) is 2. The molecule has 3 aromatic rings. The minimum absolute atomic E-state index is 0.322. The van der Waals surface area contributed by atoms with Crippen LogP contribution in [0.2, 0.25) is 0 Å². The van der Waals surface area contributed by atoms with Crippen LogP contribution in [-0.4, -0.2) is 4.57 Å². The van der Waals surface area contributed by atoms with Gasteiger partial charge in [0, 0.05) is 22.6 Å². The summed E-state index contributed by atoms with van der Waals surface area (Å²) in [5.41, 5.74) is 5.93. The van der Waals surface area contributed by atoms with Crippen LogP contribution in [0, 0.1) is 37.9 Å². The predicted octanol–water partition coefficient (Wildman–Crippen LogP) is 5.61. The molecule has 1 heterocycles. The molecular formula is C22H19FN2. The third kappa shape index (κ3) is 3.25. The van der Waals surface area contributed by atoms with Gasteiger partial charge in [0.1, 0.15) is 5.82 Å². The minimum atomic E-state index is -0.386. The van der Waals surface area contributed by atoms with Gasteiger partial charge >= 0.3 is 0 Å². The van der Waals surface area contributed by atoms with Crippen molar-refractivity contribution in [2.45, 2.75) is 20.8 Å². The van der Waals surface area contributed by atoms with Crippen LogP contribution in [0.15, 0.2) is 54.6 Å². The lowest BCUT2D eigenvalue weighted by atomic mass is 10.0. The Morgan fingerprint density at radius 2 is 1.72 bits per heavy atom. The van der Waals surface area contributed by atoms with Gasteiger partial charge in [-0.1, -0.05) is 35.9 Å². The van der Waals surface area contributed by atoms with Gasteiger partial charge in [0.25, 0.3) is 0 Å². The summed E-state index contributed by atoms with van der Waals surface area (Å²) >= 11 is 0. The number of aromatic nitrogens is 1. The Kier molecular flexibility index (Phi) is 4.54. The quantitative estimate of drug-likeness (QED) is 0.574. The molecule has 2 aromatic carbocycles. The van der Waals surface area contributed by atoms with Gasteiger partial charge in [-0.2, -0.15) is 5.26 Å². The molecule has 0 N–H and O–H groups in total. The molecule has 0 atom stereocenters. The van der Waals surface area contributed by atoms with Crippen LogP contribution in [0.1, 0.15) is 28.1 Å². The topological polar surface area (TPSA) is 28.7 Å². The lowest BCUT2D eigenvalue weighted by Gasteiger charge is -2.10. The third-order valence-electron chi connectivity index (χ3n) is 4.35. The SMILES string of the molecule is Cc1ccc(-n2c(C)cc(C=C(C#N)c3ccccc3F)c2C)cc1. The van der Waals surface area contributed by atoms with Crippen molar-refractivity contribution in [2.75, 3.05) is 0 Å². The molecule has 0 saturated heterocycles. The molecule has 0 aliphatic heterocycles. The maximum absolute atomic E-state index is 14.0. The van der Waals surface area contributed by atoms with Crippen molar-refractivity contribution < 1.29 is 4.39 Å². The van der Waals surface area contributed by atoms with Crippen LogP contribution in [0.3, 0.4) is 0 Å². The van der Waals surface area contributed by atoms with Gasteiger partial charge in [-0.3, -0.25) is 0 Å². The second-order valence-corrected chi connectivity index (χ2v) is 6.15. The molecule has 25 heavy (non-hydrogen) atoms. The summed E-state index contributed by atoms with van der Waals surface area (Å²) in [6, 6.07) is 18.8. The van der Waals surface area contributed by atoms with Gasteiger partial charge in [-0.15, -0.1) is 0 Å². The van der Waals surface area contributed by atoms with E-state index in [1.54, 1.807) is 24.3 Å². The summed E-state index contributed by atoms with van der Waals surface area (Å²) in [5, 5.41) is 9.49. The number of halogens is 1. The number of nitriles is 1. The molecule has 124 valence electrons. The van der Waals surface area contributed by atoms with Gasteiger partial charge < -0.3 is 4.57 Å². The smallest absolute Gasteiger partial charge is 0.131 e. The Balaban J connectivity index is 2.10. The molecule has 0 aliphatic rings. The molecule has 0 fully saturated rings. The van der Waals surface area contributed by atoms with Crippen molar-refractivity contribution in [1.29, 1.82) is 5.26 Å². The first-order chi connectivity index (χ1) is 12.0. The molecule has 1 aromatic heterocycles. The molecule has 3 heteroatoms. The fourth-order valence-electron chi connectivity index (χ4n) is 3.03. The maximum Gasteiger partial charge on any atom is 0.131 e. The van der Waals surface area contributed by atoms with Gasteiger partial charge in [-0.25, -0.2) is 4.39 Å². The third-order valence-corrected chi connectivity index (χ3v) is 4.35.